The second kappa shape index (κ2) is 5.19. The van der Waals surface area contributed by atoms with E-state index in [9.17, 15) is 9.90 Å². The van der Waals surface area contributed by atoms with Gasteiger partial charge in [0, 0.05) is 11.0 Å². The normalized spacial score (nSPS) is 24.5. The Kier molecular flexibility index (Phi) is 3.84. The van der Waals surface area contributed by atoms with E-state index in [0.717, 1.165) is 29.4 Å². The minimum Gasteiger partial charge on any atom is -0.481 e. The van der Waals surface area contributed by atoms with E-state index in [1.807, 2.05) is 24.3 Å². The maximum atomic E-state index is 11.5. The number of benzene rings is 1. The number of hydrogen-bond donors (Lipinski definition) is 2. The third-order valence-corrected chi connectivity index (χ3v) is 3.91. The number of carboxylic acid groups (broad SMARTS) is 1. The molecule has 92 valence electrons. The first kappa shape index (κ1) is 12.6. The first-order chi connectivity index (χ1) is 8.12. The van der Waals surface area contributed by atoms with Crippen LogP contribution in [0.15, 0.2) is 28.7 Å². The van der Waals surface area contributed by atoms with Gasteiger partial charge in [0.1, 0.15) is 0 Å². The molecule has 1 fully saturated rings. The molecule has 1 atom stereocenters. The predicted molar refractivity (Wildman–Crippen MR) is 70.0 cm³/mol. The van der Waals surface area contributed by atoms with Crippen LogP contribution in [0.4, 0.5) is 0 Å². The molecule has 3 nitrogen and oxygen atoms in total. The van der Waals surface area contributed by atoms with E-state index in [2.05, 4.69) is 21.2 Å². The number of rotatable bonds is 3. The van der Waals surface area contributed by atoms with Gasteiger partial charge in [0.2, 0.25) is 0 Å². The summed E-state index contributed by atoms with van der Waals surface area (Å²) in [6.07, 6.45) is 2.29. The fourth-order valence-corrected chi connectivity index (χ4v) is 2.63. The van der Waals surface area contributed by atoms with Crippen LogP contribution in [0.25, 0.3) is 0 Å². The molecule has 4 heteroatoms. The molecular weight excluding hydrogens is 282 g/mol. The van der Waals surface area contributed by atoms with Gasteiger partial charge in [-0.3, -0.25) is 4.79 Å². The third-order valence-electron chi connectivity index (χ3n) is 3.38. The lowest BCUT2D eigenvalue weighted by Crippen LogP contribution is -2.47. The Labute approximate surface area is 109 Å². The average Bonchev–Trinajstić information content (AvgIpc) is 2.33. The Balaban J connectivity index is 2.17. The van der Waals surface area contributed by atoms with Gasteiger partial charge in [0.05, 0.1) is 5.41 Å². The van der Waals surface area contributed by atoms with E-state index in [4.69, 9.17) is 0 Å². The molecule has 0 spiro atoms. The fourth-order valence-electron chi connectivity index (χ4n) is 2.37. The van der Waals surface area contributed by atoms with Gasteiger partial charge in [0.15, 0.2) is 0 Å². The Morgan fingerprint density at radius 2 is 2.12 bits per heavy atom. The highest BCUT2D eigenvalue weighted by Gasteiger charge is 2.39. The quantitative estimate of drug-likeness (QED) is 0.901. The van der Waals surface area contributed by atoms with Crippen LogP contribution in [-0.4, -0.2) is 24.2 Å². The van der Waals surface area contributed by atoms with Crippen LogP contribution in [0.2, 0.25) is 0 Å². The fraction of sp³-hybridized carbons (Fsp3) is 0.462. The molecule has 1 aromatic carbocycles. The summed E-state index contributed by atoms with van der Waals surface area (Å²) in [7, 11) is 0. The smallest absolute Gasteiger partial charge is 0.311 e. The number of carboxylic acids is 1. The SMILES string of the molecule is O=C(O)C1(Cc2ccc(Br)cc2)CCCNC1. The molecule has 0 saturated carbocycles. The van der Waals surface area contributed by atoms with Crippen molar-refractivity contribution in [3.63, 3.8) is 0 Å². The summed E-state index contributed by atoms with van der Waals surface area (Å²) in [6, 6.07) is 7.90. The summed E-state index contributed by atoms with van der Waals surface area (Å²) in [6.45, 7) is 1.49. The maximum Gasteiger partial charge on any atom is 0.311 e. The highest BCUT2D eigenvalue weighted by Crippen LogP contribution is 2.31. The van der Waals surface area contributed by atoms with Crippen molar-refractivity contribution in [2.45, 2.75) is 19.3 Å². The van der Waals surface area contributed by atoms with Gasteiger partial charge in [-0.1, -0.05) is 28.1 Å². The molecule has 1 aliphatic rings. The Morgan fingerprint density at radius 1 is 1.41 bits per heavy atom. The lowest BCUT2D eigenvalue weighted by Gasteiger charge is -2.33. The number of nitrogens with one attached hydrogen (secondary N) is 1. The second-order valence-electron chi connectivity index (χ2n) is 4.67. The van der Waals surface area contributed by atoms with Crippen molar-refractivity contribution in [3.05, 3.63) is 34.3 Å². The molecular formula is C13H16BrNO2. The first-order valence-electron chi connectivity index (χ1n) is 5.81. The van der Waals surface area contributed by atoms with Gasteiger partial charge >= 0.3 is 5.97 Å². The topological polar surface area (TPSA) is 49.3 Å². The van der Waals surface area contributed by atoms with Crippen molar-refractivity contribution in [3.8, 4) is 0 Å². The van der Waals surface area contributed by atoms with Crippen LogP contribution in [-0.2, 0) is 11.2 Å². The molecule has 0 bridgehead atoms. The van der Waals surface area contributed by atoms with Crippen molar-refractivity contribution in [2.24, 2.45) is 5.41 Å². The molecule has 0 aliphatic carbocycles. The van der Waals surface area contributed by atoms with Crippen LogP contribution in [0, 0.1) is 5.41 Å². The Hall–Kier alpha value is -0.870. The minimum absolute atomic E-state index is 0.568. The highest BCUT2D eigenvalue weighted by atomic mass is 79.9. The van der Waals surface area contributed by atoms with E-state index in [0.29, 0.717) is 13.0 Å². The Bertz CT molecular complexity index is 396. The zero-order chi connectivity index (χ0) is 12.3. The largest absolute Gasteiger partial charge is 0.481 e. The molecule has 0 radical (unpaired) electrons. The minimum atomic E-state index is -0.687. The molecule has 1 heterocycles. The number of hydrogen-bond acceptors (Lipinski definition) is 2. The van der Waals surface area contributed by atoms with Crippen molar-refractivity contribution >= 4 is 21.9 Å². The predicted octanol–water partition coefficient (Wildman–Crippen LogP) is 2.45. The number of aliphatic carboxylic acids is 1. The molecule has 0 aromatic heterocycles. The number of halogens is 1. The van der Waals surface area contributed by atoms with E-state index in [-0.39, 0.29) is 0 Å². The molecule has 17 heavy (non-hydrogen) atoms. The van der Waals surface area contributed by atoms with E-state index >= 15 is 0 Å². The van der Waals surface area contributed by atoms with Crippen molar-refractivity contribution in [2.75, 3.05) is 13.1 Å². The van der Waals surface area contributed by atoms with Gasteiger partial charge in [-0.05, 0) is 43.5 Å². The summed E-state index contributed by atoms with van der Waals surface area (Å²) in [5, 5.41) is 12.7. The van der Waals surface area contributed by atoms with Crippen molar-refractivity contribution < 1.29 is 9.90 Å². The van der Waals surface area contributed by atoms with Gasteiger partial charge in [-0.25, -0.2) is 0 Å². The molecule has 1 aliphatic heterocycles. The highest BCUT2D eigenvalue weighted by molar-refractivity contribution is 9.10. The number of piperidine rings is 1. The van der Waals surface area contributed by atoms with Gasteiger partial charge in [-0.2, -0.15) is 0 Å². The maximum absolute atomic E-state index is 11.5. The third kappa shape index (κ3) is 2.87. The monoisotopic (exact) mass is 297 g/mol. The average molecular weight is 298 g/mol. The molecule has 2 N–H and O–H groups in total. The van der Waals surface area contributed by atoms with Crippen LogP contribution in [0.5, 0.6) is 0 Å². The van der Waals surface area contributed by atoms with E-state index < -0.39 is 11.4 Å². The van der Waals surface area contributed by atoms with Crippen molar-refractivity contribution in [1.29, 1.82) is 0 Å². The molecule has 0 amide bonds. The van der Waals surface area contributed by atoms with E-state index in [1.165, 1.54) is 0 Å². The first-order valence-corrected chi connectivity index (χ1v) is 6.60. The molecule has 1 saturated heterocycles. The number of carbonyl (C=O) groups is 1. The summed E-state index contributed by atoms with van der Waals surface area (Å²) in [5.74, 6) is -0.687. The molecule has 1 unspecified atom stereocenters. The lowest BCUT2D eigenvalue weighted by molar-refractivity contribution is -0.150. The van der Waals surface area contributed by atoms with Gasteiger partial charge in [-0.15, -0.1) is 0 Å². The van der Waals surface area contributed by atoms with Crippen molar-refractivity contribution in [1.82, 2.24) is 5.32 Å². The van der Waals surface area contributed by atoms with Crippen LogP contribution >= 0.6 is 15.9 Å². The molecule has 1 aromatic rings. The summed E-state index contributed by atoms with van der Waals surface area (Å²) in [4.78, 5) is 11.5. The van der Waals surface area contributed by atoms with Crippen LogP contribution in [0.3, 0.4) is 0 Å². The second-order valence-corrected chi connectivity index (χ2v) is 5.58. The van der Waals surface area contributed by atoms with Crippen LogP contribution < -0.4 is 5.32 Å². The molecule has 2 rings (SSSR count). The zero-order valence-corrected chi connectivity index (χ0v) is 11.2. The van der Waals surface area contributed by atoms with E-state index in [1.54, 1.807) is 0 Å². The lowest BCUT2D eigenvalue weighted by atomic mass is 9.76. The standard InChI is InChI=1S/C13H16BrNO2/c14-11-4-2-10(3-5-11)8-13(12(16)17)6-1-7-15-9-13/h2-5,15H,1,6-9H2,(H,16,17). The van der Waals surface area contributed by atoms with Gasteiger partial charge < -0.3 is 10.4 Å². The zero-order valence-electron chi connectivity index (χ0n) is 9.58. The summed E-state index contributed by atoms with van der Waals surface area (Å²) in [5.41, 5.74) is 0.450. The summed E-state index contributed by atoms with van der Waals surface area (Å²) >= 11 is 3.38. The van der Waals surface area contributed by atoms with Gasteiger partial charge in [0.25, 0.3) is 0 Å². The Morgan fingerprint density at radius 3 is 2.65 bits per heavy atom. The van der Waals surface area contributed by atoms with Crippen LogP contribution in [0.1, 0.15) is 18.4 Å². The summed E-state index contributed by atoms with van der Waals surface area (Å²) < 4.78 is 1.02.